The van der Waals surface area contributed by atoms with Crippen molar-refractivity contribution in [3.05, 3.63) is 12.7 Å². The Morgan fingerprint density at radius 3 is 2.89 bits per heavy atom. The lowest BCUT2D eigenvalue weighted by molar-refractivity contribution is -0.0972. The van der Waals surface area contributed by atoms with Gasteiger partial charge in [0, 0.05) is 11.1 Å². The van der Waals surface area contributed by atoms with Crippen molar-refractivity contribution in [1.29, 1.82) is 0 Å². The SMILES string of the molecule is C=CCNC1O[P+](=O)O1. The number of rotatable bonds is 3. The quantitative estimate of drug-likeness (QED) is 0.473. The Morgan fingerprint density at radius 2 is 2.44 bits per heavy atom. The molecule has 1 saturated heterocycles. The lowest BCUT2D eigenvalue weighted by Crippen LogP contribution is -2.36. The van der Waals surface area contributed by atoms with Crippen LogP contribution in [-0.2, 0) is 13.6 Å². The summed E-state index contributed by atoms with van der Waals surface area (Å²) in [4.78, 5) is 0. The Balaban J connectivity index is 2.03. The van der Waals surface area contributed by atoms with Crippen molar-refractivity contribution >= 4 is 8.25 Å². The van der Waals surface area contributed by atoms with Crippen LogP contribution in [0.5, 0.6) is 0 Å². The summed E-state index contributed by atoms with van der Waals surface area (Å²) in [6.45, 7) is 4.05. The number of nitrogens with one attached hydrogen (secondary N) is 1. The van der Waals surface area contributed by atoms with Gasteiger partial charge < -0.3 is 0 Å². The van der Waals surface area contributed by atoms with Crippen molar-refractivity contribution in [2.24, 2.45) is 0 Å². The van der Waals surface area contributed by atoms with E-state index in [0.29, 0.717) is 6.54 Å². The fraction of sp³-hybridized carbons (Fsp3) is 0.500. The lowest BCUT2D eigenvalue weighted by Gasteiger charge is -2.10. The van der Waals surface area contributed by atoms with E-state index in [1.54, 1.807) is 6.08 Å². The highest BCUT2D eigenvalue weighted by molar-refractivity contribution is 7.34. The summed E-state index contributed by atoms with van der Waals surface area (Å²) in [6, 6.07) is 0. The molecule has 1 aliphatic heterocycles. The van der Waals surface area contributed by atoms with Gasteiger partial charge >= 0.3 is 14.7 Å². The molecule has 1 rings (SSSR count). The molecule has 0 aromatic rings. The molecule has 0 unspecified atom stereocenters. The maximum Gasteiger partial charge on any atom is 0.706 e. The first-order valence-electron chi connectivity index (χ1n) is 2.48. The molecule has 0 aromatic carbocycles. The maximum atomic E-state index is 10.1. The van der Waals surface area contributed by atoms with Crippen LogP contribution < -0.4 is 5.32 Å². The van der Waals surface area contributed by atoms with E-state index in [-0.39, 0.29) is 0 Å². The zero-order chi connectivity index (χ0) is 6.69. The van der Waals surface area contributed by atoms with Gasteiger partial charge in [-0.25, -0.2) is 0 Å². The molecule has 0 bridgehead atoms. The van der Waals surface area contributed by atoms with Gasteiger partial charge in [-0.3, -0.25) is 5.32 Å². The van der Waals surface area contributed by atoms with Gasteiger partial charge in [-0.05, 0) is 0 Å². The third-order valence-electron chi connectivity index (χ3n) is 0.792. The summed E-state index contributed by atoms with van der Waals surface area (Å²) in [6.07, 6.45) is 1.17. The van der Waals surface area contributed by atoms with Crippen LogP contribution >= 0.6 is 8.25 Å². The summed E-state index contributed by atoms with van der Waals surface area (Å²) in [7, 11) is -1.82. The van der Waals surface area contributed by atoms with Gasteiger partial charge in [0.25, 0.3) is 0 Å². The van der Waals surface area contributed by atoms with Gasteiger partial charge in [0.15, 0.2) is 0 Å². The van der Waals surface area contributed by atoms with Gasteiger partial charge in [-0.15, -0.1) is 6.58 Å². The minimum Gasteiger partial charge on any atom is -0.258 e. The molecular weight excluding hydrogens is 141 g/mol. The average Bonchev–Trinajstić information content (AvgIpc) is 1.78. The van der Waals surface area contributed by atoms with E-state index in [2.05, 4.69) is 20.9 Å². The molecule has 0 spiro atoms. The Labute approximate surface area is 53.8 Å². The molecule has 50 valence electrons. The molecule has 1 N–H and O–H groups in total. The van der Waals surface area contributed by atoms with E-state index < -0.39 is 14.7 Å². The molecule has 1 aliphatic rings. The van der Waals surface area contributed by atoms with Crippen molar-refractivity contribution in [2.75, 3.05) is 6.54 Å². The second kappa shape index (κ2) is 3.03. The van der Waals surface area contributed by atoms with Crippen molar-refractivity contribution in [3.8, 4) is 0 Å². The minimum absolute atomic E-state index is 0.494. The molecule has 1 heterocycles. The molecule has 9 heavy (non-hydrogen) atoms. The first kappa shape index (κ1) is 6.83. The van der Waals surface area contributed by atoms with E-state index >= 15 is 0 Å². The summed E-state index contributed by atoms with van der Waals surface area (Å²) in [5.74, 6) is 0. The fourth-order valence-corrected chi connectivity index (χ4v) is 0.896. The first-order valence-corrected chi connectivity index (χ1v) is 3.57. The summed E-state index contributed by atoms with van der Waals surface area (Å²) >= 11 is 0. The molecule has 0 atom stereocenters. The van der Waals surface area contributed by atoms with Crippen LogP contribution in [0.4, 0.5) is 0 Å². The smallest absolute Gasteiger partial charge is 0.258 e. The van der Waals surface area contributed by atoms with Gasteiger partial charge in [0.1, 0.15) is 0 Å². The summed E-state index contributed by atoms with van der Waals surface area (Å²) in [5, 5.41) is 2.75. The van der Waals surface area contributed by atoms with E-state index in [0.717, 1.165) is 0 Å². The van der Waals surface area contributed by atoms with Crippen LogP contribution in [0.2, 0.25) is 0 Å². The monoisotopic (exact) mass is 148 g/mol. The zero-order valence-electron chi connectivity index (χ0n) is 4.74. The molecule has 4 nitrogen and oxygen atoms in total. The van der Waals surface area contributed by atoms with Gasteiger partial charge in [-0.2, -0.15) is 0 Å². The van der Waals surface area contributed by atoms with Crippen LogP contribution in [0.3, 0.4) is 0 Å². The van der Waals surface area contributed by atoms with E-state index in [1.165, 1.54) is 0 Å². The van der Waals surface area contributed by atoms with Crippen LogP contribution in [0, 0.1) is 0 Å². The fourth-order valence-electron chi connectivity index (χ4n) is 0.418. The third kappa shape index (κ3) is 1.84. The highest BCUT2D eigenvalue weighted by atomic mass is 31.1. The molecule has 1 fully saturated rings. The first-order chi connectivity index (χ1) is 4.33. The van der Waals surface area contributed by atoms with Crippen molar-refractivity contribution < 1.29 is 13.6 Å². The van der Waals surface area contributed by atoms with Crippen molar-refractivity contribution in [2.45, 2.75) is 6.41 Å². The van der Waals surface area contributed by atoms with Crippen molar-refractivity contribution in [1.82, 2.24) is 5.32 Å². The predicted molar refractivity (Wildman–Crippen MR) is 31.8 cm³/mol. The molecule has 0 aliphatic carbocycles. The van der Waals surface area contributed by atoms with Gasteiger partial charge in [0.05, 0.1) is 0 Å². The summed E-state index contributed by atoms with van der Waals surface area (Å²) < 4.78 is 19.2. The third-order valence-corrected chi connectivity index (χ3v) is 1.52. The standard InChI is InChI=1S/C4H7NO3P/c1-2-3-5-4-7-9(6)8-4/h2,4-5H,1,3H2/q+1. The highest BCUT2D eigenvalue weighted by Gasteiger charge is 2.45. The Kier molecular flexibility index (Phi) is 2.30. The Morgan fingerprint density at radius 1 is 1.78 bits per heavy atom. The van der Waals surface area contributed by atoms with E-state index in [1.807, 2.05) is 0 Å². The van der Waals surface area contributed by atoms with Crippen LogP contribution in [0.25, 0.3) is 0 Å². The molecule has 5 heteroatoms. The number of hydrogen-bond acceptors (Lipinski definition) is 4. The maximum absolute atomic E-state index is 10.1. The van der Waals surface area contributed by atoms with Crippen LogP contribution in [-0.4, -0.2) is 13.0 Å². The molecule has 0 aromatic heterocycles. The normalized spacial score (nSPS) is 29.3. The van der Waals surface area contributed by atoms with Gasteiger partial charge in [-0.1, -0.05) is 15.1 Å². The molecule has 0 saturated carbocycles. The topological polar surface area (TPSA) is 47.6 Å². The van der Waals surface area contributed by atoms with Crippen molar-refractivity contribution in [3.63, 3.8) is 0 Å². The lowest BCUT2D eigenvalue weighted by atomic mass is 10.6. The van der Waals surface area contributed by atoms with Crippen LogP contribution in [0.1, 0.15) is 0 Å². The molecular formula is C4H7NO3P+. The number of hydrogen-bond donors (Lipinski definition) is 1. The zero-order valence-corrected chi connectivity index (χ0v) is 5.64. The highest BCUT2D eigenvalue weighted by Crippen LogP contribution is 2.37. The Hall–Kier alpha value is -0.280. The average molecular weight is 148 g/mol. The molecule has 0 amide bonds. The van der Waals surface area contributed by atoms with Crippen LogP contribution in [0.15, 0.2) is 12.7 Å². The minimum atomic E-state index is -1.82. The largest absolute Gasteiger partial charge is 0.706 e. The van der Waals surface area contributed by atoms with E-state index in [9.17, 15) is 4.57 Å². The summed E-state index contributed by atoms with van der Waals surface area (Å²) in [5.41, 5.74) is 0. The second-order valence-electron chi connectivity index (χ2n) is 1.46. The Bertz CT molecular complexity index is 130. The van der Waals surface area contributed by atoms with Gasteiger partial charge in [0.2, 0.25) is 0 Å². The molecule has 0 radical (unpaired) electrons. The van der Waals surface area contributed by atoms with E-state index in [4.69, 9.17) is 0 Å². The predicted octanol–water partition coefficient (Wildman–Crippen LogP) is 0.750. The second-order valence-corrected chi connectivity index (χ2v) is 2.33.